The first-order valence-electron chi connectivity index (χ1n) is 4.77. The van der Waals surface area contributed by atoms with Gasteiger partial charge in [0.05, 0.1) is 5.56 Å². The van der Waals surface area contributed by atoms with Crippen LogP contribution in [0.25, 0.3) is 0 Å². The molecule has 0 atom stereocenters. The lowest BCUT2D eigenvalue weighted by Gasteiger charge is -2.09. The molecule has 0 N–H and O–H groups in total. The summed E-state index contributed by atoms with van der Waals surface area (Å²) in [7, 11) is 0. The van der Waals surface area contributed by atoms with Crippen LogP contribution in [0.5, 0.6) is 11.6 Å². The largest absolute Gasteiger partial charge is 0.436 e. The van der Waals surface area contributed by atoms with Gasteiger partial charge < -0.3 is 4.74 Å². The second kappa shape index (κ2) is 5.18. The van der Waals surface area contributed by atoms with Crippen molar-refractivity contribution in [3.05, 3.63) is 40.3 Å². The van der Waals surface area contributed by atoms with E-state index in [4.69, 9.17) is 27.9 Å². The Bertz CT molecular complexity index is 607. The molecule has 0 bridgehead atoms. The lowest BCUT2D eigenvalue weighted by atomic mass is 10.2. The fraction of sp³-hybridized carbons (Fsp3) is 0.100. The molecule has 0 spiro atoms. The Labute approximate surface area is 115 Å². The average Bonchev–Trinajstić information content (AvgIpc) is 2.33. The fourth-order valence-electron chi connectivity index (χ4n) is 1.19. The van der Waals surface area contributed by atoms with Crippen molar-refractivity contribution in [2.45, 2.75) is 6.18 Å². The Kier molecular flexibility index (Phi) is 3.77. The standard InChI is InChI=1S/C10H4Cl2F3N3O/c11-7-8(16-9(12)18-17-7)19-6-3-1-2-5(4-6)10(13,14)15/h1-4H. The summed E-state index contributed by atoms with van der Waals surface area (Å²) in [5, 5.41) is 6.33. The minimum atomic E-state index is -4.47. The lowest BCUT2D eigenvalue weighted by molar-refractivity contribution is -0.137. The predicted octanol–water partition coefficient (Wildman–Crippen LogP) is 3.99. The topological polar surface area (TPSA) is 47.9 Å². The van der Waals surface area contributed by atoms with E-state index >= 15 is 0 Å². The van der Waals surface area contributed by atoms with Gasteiger partial charge in [-0.3, -0.25) is 0 Å². The fourth-order valence-corrected chi connectivity index (χ4v) is 1.43. The monoisotopic (exact) mass is 309 g/mol. The van der Waals surface area contributed by atoms with Crippen LogP contribution in [0.1, 0.15) is 5.56 Å². The van der Waals surface area contributed by atoms with Crippen LogP contribution in [-0.2, 0) is 6.18 Å². The highest BCUT2D eigenvalue weighted by Crippen LogP contribution is 2.33. The molecule has 0 amide bonds. The Morgan fingerprint density at radius 3 is 2.53 bits per heavy atom. The summed E-state index contributed by atoms with van der Waals surface area (Å²) in [5.74, 6) is -0.311. The van der Waals surface area contributed by atoms with Crippen molar-refractivity contribution in [1.29, 1.82) is 0 Å². The van der Waals surface area contributed by atoms with Crippen molar-refractivity contribution in [3.63, 3.8) is 0 Å². The van der Waals surface area contributed by atoms with Crippen molar-refractivity contribution in [2.24, 2.45) is 0 Å². The SMILES string of the molecule is FC(F)(F)c1cccc(Oc2nc(Cl)nnc2Cl)c1. The zero-order valence-corrected chi connectivity index (χ0v) is 10.5. The van der Waals surface area contributed by atoms with Gasteiger partial charge in [0, 0.05) is 0 Å². The van der Waals surface area contributed by atoms with E-state index in [1.54, 1.807) is 0 Å². The highest BCUT2D eigenvalue weighted by molar-refractivity contribution is 6.31. The van der Waals surface area contributed by atoms with Gasteiger partial charge in [-0.2, -0.15) is 18.2 Å². The maximum atomic E-state index is 12.5. The van der Waals surface area contributed by atoms with Crippen molar-refractivity contribution in [1.82, 2.24) is 15.2 Å². The minimum Gasteiger partial charge on any atom is -0.436 e. The summed E-state index contributed by atoms with van der Waals surface area (Å²) in [6.07, 6.45) is -4.47. The number of nitrogens with zero attached hydrogens (tertiary/aromatic N) is 3. The van der Waals surface area contributed by atoms with E-state index in [0.717, 1.165) is 12.1 Å². The lowest BCUT2D eigenvalue weighted by Crippen LogP contribution is -2.04. The van der Waals surface area contributed by atoms with E-state index in [9.17, 15) is 13.2 Å². The molecule has 0 saturated carbocycles. The third-order valence-electron chi connectivity index (χ3n) is 1.97. The molecule has 0 aliphatic carbocycles. The second-order valence-electron chi connectivity index (χ2n) is 3.30. The zero-order chi connectivity index (χ0) is 14.0. The molecular weight excluding hydrogens is 306 g/mol. The number of ether oxygens (including phenoxy) is 1. The van der Waals surface area contributed by atoms with E-state index in [1.807, 2.05) is 0 Å². The molecule has 2 rings (SSSR count). The molecule has 0 saturated heterocycles. The maximum absolute atomic E-state index is 12.5. The van der Waals surface area contributed by atoms with E-state index in [0.29, 0.717) is 0 Å². The van der Waals surface area contributed by atoms with E-state index in [1.165, 1.54) is 12.1 Å². The predicted molar refractivity (Wildman–Crippen MR) is 61.4 cm³/mol. The molecule has 1 aromatic heterocycles. The quantitative estimate of drug-likeness (QED) is 0.841. The minimum absolute atomic E-state index is 0.0895. The summed E-state index contributed by atoms with van der Waals surface area (Å²) >= 11 is 11.1. The number of benzene rings is 1. The summed E-state index contributed by atoms with van der Waals surface area (Å²) in [6, 6.07) is 4.25. The smallest absolute Gasteiger partial charge is 0.416 e. The molecule has 0 aliphatic rings. The molecule has 0 aliphatic heterocycles. The Balaban J connectivity index is 2.31. The van der Waals surface area contributed by atoms with Gasteiger partial charge in [0.15, 0.2) is 0 Å². The van der Waals surface area contributed by atoms with Gasteiger partial charge in [0.25, 0.3) is 5.88 Å². The first kappa shape index (κ1) is 13.8. The zero-order valence-electron chi connectivity index (χ0n) is 8.95. The van der Waals surface area contributed by atoms with E-state index in [2.05, 4.69) is 15.2 Å². The Morgan fingerprint density at radius 1 is 1.11 bits per heavy atom. The van der Waals surface area contributed by atoms with Crippen LogP contribution >= 0.6 is 23.2 Å². The van der Waals surface area contributed by atoms with Crippen LogP contribution in [-0.4, -0.2) is 15.2 Å². The van der Waals surface area contributed by atoms with E-state index in [-0.39, 0.29) is 22.1 Å². The third kappa shape index (κ3) is 3.45. The molecule has 1 aromatic carbocycles. The van der Waals surface area contributed by atoms with Crippen molar-refractivity contribution >= 4 is 23.2 Å². The van der Waals surface area contributed by atoms with Crippen LogP contribution in [0.15, 0.2) is 24.3 Å². The van der Waals surface area contributed by atoms with Crippen LogP contribution in [0.2, 0.25) is 10.4 Å². The Hall–Kier alpha value is -1.60. The van der Waals surface area contributed by atoms with Gasteiger partial charge in [-0.05, 0) is 29.8 Å². The number of hydrogen-bond acceptors (Lipinski definition) is 4. The van der Waals surface area contributed by atoms with Gasteiger partial charge in [0.1, 0.15) is 5.75 Å². The highest BCUT2D eigenvalue weighted by atomic mass is 35.5. The van der Waals surface area contributed by atoms with Crippen LogP contribution in [0.3, 0.4) is 0 Å². The first-order chi connectivity index (χ1) is 8.86. The van der Waals surface area contributed by atoms with Crippen molar-refractivity contribution in [2.75, 3.05) is 0 Å². The van der Waals surface area contributed by atoms with Gasteiger partial charge in [-0.15, -0.1) is 10.2 Å². The number of hydrogen-bond donors (Lipinski definition) is 0. The second-order valence-corrected chi connectivity index (χ2v) is 4.00. The van der Waals surface area contributed by atoms with Crippen LogP contribution in [0.4, 0.5) is 13.2 Å². The maximum Gasteiger partial charge on any atom is 0.416 e. The van der Waals surface area contributed by atoms with Crippen LogP contribution in [0, 0.1) is 0 Å². The van der Waals surface area contributed by atoms with E-state index < -0.39 is 11.7 Å². The molecule has 100 valence electrons. The van der Waals surface area contributed by atoms with Crippen molar-refractivity contribution < 1.29 is 17.9 Å². The first-order valence-corrected chi connectivity index (χ1v) is 5.52. The molecule has 0 fully saturated rings. The summed E-state index contributed by atoms with van der Waals surface area (Å²) < 4.78 is 42.6. The number of rotatable bonds is 2. The normalized spacial score (nSPS) is 11.4. The van der Waals surface area contributed by atoms with Gasteiger partial charge >= 0.3 is 6.18 Å². The molecule has 0 radical (unpaired) electrons. The average molecular weight is 310 g/mol. The molecular formula is C10H4Cl2F3N3O. The molecule has 1 heterocycles. The molecule has 9 heteroatoms. The summed E-state index contributed by atoms with van der Waals surface area (Å²) in [5.41, 5.74) is -0.853. The highest BCUT2D eigenvalue weighted by Gasteiger charge is 2.30. The number of halogens is 5. The van der Waals surface area contributed by atoms with Gasteiger partial charge in [0.2, 0.25) is 10.4 Å². The molecule has 2 aromatic rings. The van der Waals surface area contributed by atoms with Crippen molar-refractivity contribution in [3.8, 4) is 11.6 Å². The summed E-state index contributed by atoms with van der Waals surface area (Å²) in [6.45, 7) is 0. The van der Waals surface area contributed by atoms with Crippen LogP contribution < -0.4 is 4.74 Å². The van der Waals surface area contributed by atoms with Gasteiger partial charge in [-0.1, -0.05) is 17.7 Å². The third-order valence-corrected chi connectivity index (χ3v) is 2.36. The molecule has 19 heavy (non-hydrogen) atoms. The number of aromatic nitrogens is 3. The summed E-state index contributed by atoms with van der Waals surface area (Å²) in [4.78, 5) is 3.62. The molecule has 0 unspecified atom stereocenters. The van der Waals surface area contributed by atoms with Gasteiger partial charge in [-0.25, -0.2) is 0 Å². The Morgan fingerprint density at radius 2 is 1.84 bits per heavy atom. The molecule has 4 nitrogen and oxygen atoms in total. The number of alkyl halides is 3.